The molecule has 140 valence electrons. The zero-order valence-electron chi connectivity index (χ0n) is 14.2. The van der Waals surface area contributed by atoms with Crippen LogP contribution in [0.2, 0.25) is 9.36 Å². The number of hydrogen-bond acceptors (Lipinski definition) is 6. The highest BCUT2D eigenvalue weighted by molar-refractivity contribution is 7.11. The van der Waals surface area contributed by atoms with Crippen molar-refractivity contribution in [3.8, 4) is 11.3 Å². The third kappa shape index (κ3) is 3.80. The first kappa shape index (κ1) is 18.7. The minimum absolute atomic E-state index is 0.0237. The van der Waals surface area contributed by atoms with Crippen molar-refractivity contribution in [2.45, 2.75) is 6.10 Å². The third-order valence-corrected chi connectivity index (χ3v) is 5.58. The van der Waals surface area contributed by atoms with Crippen LogP contribution in [0.1, 0.15) is 27.8 Å². The summed E-state index contributed by atoms with van der Waals surface area (Å²) < 4.78 is 15.4. The molecule has 0 aliphatic carbocycles. The smallest absolute Gasteiger partial charge is 0.360 e. The molecular formula is C20H12Cl2N2O3S. The van der Waals surface area contributed by atoms with Gasteiger partial charge < -0.3 is 9.26 Å². The summed E-state index contributed by atoms with van der Waals surface area (Å²) in [5.74, 6) is -0.117. The Morgan fingerprint density at radius 3 is 2.36 bits per heavy atom. The second kappa shape index (κ2) is 8.14. The van der Waals surface area contributed by atoms with Crippen LogP contribution in [0, 0.1) is 0 Å². The molecule has 0 saturated carbocycles. The third-order valence-electron chi connectivity index (χ3n) is 3.97. The van der Waals surface area contributed by atoms with Crippen LogP contribution in [0.4, 0.5) is 0 Å². The van der Waals surface area contributed by atoms with E-state index in [1.54, 1.807) is 6.07 Å². The Kier molecular flexibility index (Phi) is 5.43. The van der Waals surface area contributed by atoms with E-state index in [1.165, 1.54) is 0 Å². The van der Waals surface area contributed by atoms with Gasteiger partial charge in [-0.1, -0.05) is 89.0 Å². The first-order chi connectivity index (χ1) is 13.6. The van der Waals surface area contributed by atoms with Gasteiger partial charge in [-0.15, -0.1) is 0 Å². The summed E-state index contributed by atoms with van der Waals surface area (Å²) >= 11 is 12.9. The monoisotopic (exact) mass is 430 g/mol. The molecule has 4 rings (SSSR count). The second-order valence-electron chi connectivity index (χ2n) is 5.80. The lowest BCUT2D eigenvalue weighted by molar-refractivity contribution is 0.0360. The Bertz CT molecular complexity index is 1100. The summed E-state index contributed by atoms with van der Waals surface area (Å²) in [6.07, 6.45) is -0.786. The van der Waals surface area contributed by atoms with Gasteiger partial charge in [0.1, 0.15) is 15.1 Å². The van der Waals surface area contributed by atoms with Crippen molar-refractivity contribution < 1.29 is 14.1 Å². The number of halogens is 2. The number of carbonyl (C=O) groups excluding carboxylic acids is 1. The summed E-state index contributed by atoms with van der Waals surface area (Å²) in [6, 6.07) is 20.5. The van der Waals surface area contributed by atoms with Crippen molar-refractivity contribution in [2.24, 2.45) is 0 Å². The molecule has 0 N–H and O–H groups in total. The van der Waals surface area contributed by atoms with Gasteiger partial charge in [0.05, 0.1) is 0 Å². The topological polar surface area (TPSA) is 65.2 Å². The predicted octanol–water partition coefficient (Wildman–Crippen LogP) is 6.05. The largest absolute Gasteiger partial charge is 0.446 e. The van der Waals surface area contributed by atoms with Crippen LogP contribution in [0.5, 0.6) is 0 Å². The fourth-order valence-corrected chi connectivity index (χ4v) is 3.61. The zero-order valence-corrected chi connectivity index (χ0v) is 16.5. The number of aromatic nitrogens is 2. The summed E-state index contributed by atoms with van der Waals surface area (Å²) in [7, 11) is 0. The molecule has 2 aromatic carbocycles. The van der Waals surface area contributed by atoms with Crippen LogP contribution in [0.15, 0.2) is 71.3 Å². The number of ether oxygens (including phenoxy) is 1. The lowest BCUT2D eigenvalue weighted by Crippen LogP contribution is -2.14. The van der Waals surface area contributed by atoms with Gasteiger partial charge >= 0.3 is 5.97 Å². The Morgan fingerprint density at radius 1 is 1.04 bits per heavy atom. The molecule has 0 amide bonds. The summed E-state index contributed by atoms with van der Waals surface area (Å²) in [5, 5.41) is 4.19. The van der Waals surface area contributed by atoms with Crippen LogP contribution in [-0.4, -0.2) is 15.5 Å². The first-order valence-electron chi connectivity index (χ1n) is 8.22. The number of hydrogen-bond donors (Lipinski definition) is 0. The van der Waals surface area contributed by atoms with Crippen molar-refractivity contribution >= 4 is 40.7 Å². The normalized spacial score (nSPS) is 11.9. The van der Waals surface area contributed by atoms with Crippen molar-refractivity contribution in [3.05, 3.63) is 93.0 Å². The van der Waals surface area contributed by atoms with Crippen LogP contribution in [0.25, 0.3) is 11.3 Å². The fourth-order valence-electron chi connectivity index (χ4n) is 2.63. The zero-order chi connectivity index (χ0) is 19.5. The van der Waals surface area contributed by atoms with E-state index in [1.807, 2.05) is 60.7 Å². The molecule has 0 aliphatic rings. The first-order valence-corrected chi connectivity index (χ1v) is 9.75. The van der Waals surface area contributed by atoms with E-state index in [9.17, 15) is 4.79 Å². The van der Waals surface area contributed by atoms with Crippen molar-refractivity contribution in [1.29, 1.82) is 0 Å². The number of carbonyl (C=O) groups is 1. The maximum absolute atomic E-state index is 12.6. The molecule has 5 nitrogen and oxygen atoms in total. The van der Waals surface area contributed by atoms with E-state index >= 15 is 0 Å². The quantitative estimate of drug-likeness (QED) is 0.360. The van der Waals surface area contributed by atoms with Gasteiger partial charge in [-0.05, 0) is 17.1 Å². The van der Waals surface area contributed by atoms with Gasteiger partial charge in [0.2, 0.25) is 0 Å². The van der Waals surface area contributed by atoms with Crippen LogP contribution < -0.4 is 0 Å². The molecule has 0 saturated heterocycles. The molecule has 4 aromatic rings. The number of nitrogens with zero attached hydrogens (tertiary/aromatic N) is 2. The molecule has 1 atom stereocenters. The highest BCUT2D eigenvalue weighted by Crippen LogP contribution is 2.33. The maximum atomic E-state index is 12.6. The van der Waals surface area contributed by atoms with Crippen molar-refractivity contribution in [1.82, 2.24) is 9.53 Å². The van der Waals surface area contributed by atoms with Crippen LogP contribution in [-0.2, 0) is 4.74 Å². The number of benzene rings is 2. The van der Waals surface area contributed by atoms with E-state index in [4.69, 9.17) is 32.5 Å². The lowest BCUT2D eigenvalue weighted by atomic mass is 10.1. The van der Waals surface area contributed by atoms with Gasteiger partial charge in [0.25, 0.3) is 0 Å². The summed E-state index contributed by atoms with van der Waals surface area (Å²) in [5.41, 5.74) is 2.04. The van der Waals surface area contributed by atoms with Crippen molar-refractivity contribution in [3.63, 3.8) is 0 Å². The van der Waals surface area contributed by atoms with Gasteiger partial charge in [-0.25, -0.2) is 4.79 Å². The van der Waals surface area contributed by atoms with Crippen LogP contribution in [0.3, 0.4) is 0 Å². The number of esters is 1. The molecule has 28 heavy (non-hydrogen) atoms. The molecule has 2 aromatic heterocycles. The Hall–Kier alpha value is -2.67. The molecule has 0 fully saturated rings. The maximum Gasteiger partial charge on any atom is 0.360 e. The Morgan fingerprint density at radius 2 is 1.71 bits per heavy atom. The van der Waals surface area contributed by atoms with Gasteiger partial charge in [-0.2, -0.15) is 4.37 Å². The lowest BCUT2D eigenvalue weighted by Gasteiger charge is -2.15. The second-order valence-corrected chi connectivity index (χ2v) is 7.55. The standard InChI is InChI=1S/C20H12Cl2N2O3S/c21-16-17(24-28-19(16)22)20(25)26-18(13-9-5-2-6-10-13)14-11-15(27-23-14)12-7-3-1-4-8-12/h1-11,18H. The molecule has 0 aliphatic heterocycles. The SMILES string of the molecule is O=C(OC(c1ccccc1)c1cc(-c2ccccc2)on1)c1nsc(Cl)c1Cl. The van der Waals surface area contributed by atoms with Gasteiger partial charge in [-0.3, -0.25) is 0 Å². The molecule has 2 heterocycles. The molecule has 0 bridgehead atoms. The Balaban J connectivity index is 1.68. The molecule has 0 spiro atoms. The average Bonchev–Trinajstić information content (AvgIpc) is 3.35. The predicted molar refractivity (Wildman–Crippen MR) is 108 cm³/mol. The van der Waals surface area contributed by atoms with Gasteiger partial charge in [0.15, 0.2) is 17.6 Å². The minimum atomic E-state index is -0.786. The Labute approximate surface area is 174 Å². The highest BCUT2D eigenvalue weighted by Gasteiger charge is 2.27. The van der Waals surface area contributed by atoms with E-state index in [0.717, 1.165) is 22.7 Å². The van der Waals surface area contributed by atoms with Crippen LogP contribution >= 0.6 is 34.7 Å². The van der Waals surface area contributed by atoms with E-state index in [-0.39, 0.29) is 15.1 Å². The summed E-state index contributed by atoms with van der Waals surface area (Å²) in [4.78, 5) is 12.6. The fraction of sp³-hybridized carbons (Fsp3) is 0.0500. The highest BCUT2D eigenvalue weighted by atomic mass is 35.5. The minimum Gasteiger partial charge on any atom is -0.446 e. The number of rotatable bonds is 5. The van der Waals surface area contributed by atoms with E-state index < -0.39 is 12.1 Å². The molecular weight excluding hydrogens is 419 g/mol. The molecule has 8 heteroatoms. The molecule has 0 radical (unpaired) electrons. The van der Waals surface area contributed by atoms with E-state index in [2.05, 4.69) is 9.53 Å². The average molecular weight is 431 g/mol. The molecule has 1 unspecified atom stereocenters. The van der Waals surface area contributed by atoms with Gasteiger partial charge in [0, 0.05) is 11.6 Å². The van der Waals surface area contributed by atoms with E-state index in [0.29, 0.717) is 11.5 Å². The summed E-state index contributed by atoms with van der Waals surface area (Å²) in [6.45, 7) is 0. The van der Waals surface area contributed by atoms with Crippen molar-refractivity contribution in [2.75, 3.05) is 0 Å².